The molecule has 1 aliphatic rings. The summed E-state index contributed by atoms with van der Waals surface area (Å²) >= 11 is 5.96. The second-order valence-corrected chi connectivity index (χ2v) is 4.84. The third-order valence-corrected chi connectivity index (χ3v) is 3.59. The smallest absolute Gasteiger partial charge is 0.0840 e. The number of benzene rings is 1. The summed E-state index contributed by atoms with van der Waals surface area (Å²) in [5.41, 5.74) is 1.95. The first-order chi connectivity index (χ1) is 7.68. The van der Waals surface area contributed by atoms with Gasteiger partial charge in [-0.2, -0.15) is 0 Å². The van der Waals surface area contributed by atoms with Gasteiger partial charge in [0.15, 0.2) is 0 Å². The highest BCUT2D eigenvalue weighted by Gasteiger charge is 2.23. The van der Waals surface area contributed by atoms with E-state index in [-0.39, 0.29) is 5.92 Å². The maximum Gasteiger partial charge on any atom is 0.0840 e. The molecule has 2 rings (SSSR count). The maximum atomic E-state index is 10.2. The number of aliphatic hydroxyl groups is 1. The van der Waals surface area contributed by atoms with Gasteiger partial charge in [0.2, 0.25) is 0 Å². The van der Waals surface area contributed by atoms with Crippen molar-refractivity contribution in [2.75, 3.05) is 13.2 Å². The standard InChI is InChI=1S/C13H17ClO2/c1-9-7-10(4-5-12(9)14)13(15)11-3-2-6-16-8-11/h4-5,7,11,13,15H,2-3,6,8H2,1H3. The van der Waals surface area contributed by atoms with Gasteiger partial charge >= 0.3 is 0 Å². The van der Waals surface area contributed by atoms with Crippen LogP contribution in [0.1, 0.15) is 30.1 Å². The molecule has 0 spiro atoms. The minimum atomic E-state index is -0.434. The first-order valence-electron chi connectivity index (χ1n) is 5.70. The molecular formula is C13H17ClO2. The van der Waals surface area contributed by atoms with Gasteiger partial charge in [0.1, 0.15) is 0 Å². The van der Waals surface area contributed by atoms with E-state index in [1.807, 2.05) is 25.1 Å². The average Bonchev–Trinajstić information content (AvgIpc) is 2.33. The van der Waals surface area contributed by atoms with Gasteiger partial charge in [0.25, 0.3) is 0 Å². The summed E-state index contributed by atoms with van der Waals surface area (Å²) in [7, 11) is 0. The molecule has 1 aromatic rings. The van der Waals surface area contributed by atoms with Crippen molar-refractivity contribution in [2.45, 2.75) is 25.9 Å². The molecule has 0 bridgehead atoms. The molecule has 1 fully saturated rings. The van der Waals surface area contributed by atoms with E-state index >= 15 is 0 Å². The zero-order valence-electron chi connectivity index (χ0n) is 9.45. The molecule has 1 aliphatic heterocycles. The van der Waals surface area contributed by atoms with Crippen LogP contribution in [0.15, 0.2) is 18.2 Å². The summed E-state index contributed by atoms with van der Waals surface area (Å²) in [5, 5.41) is 11.0. The van der Waals surface area contributed by atoms with Gasteiger partial charge in [-0.15, -0.1) is 0 Å². The van der Waals surface area contributed by atoms with Gasteiger partial charge in [0, 0.05) is 17.5 Å². The quantitative estimate of drug-likeness (QED) is 0.861. The van der Waals surface area contributed by atoms with Crippen LogP contribution in [-0.4, -0.2) is 18.3 Å². The molecule has 3 heteroatoms. The normalized spacial score (nSPS) is 23.1. The van der Waals surface area contributed by atoms with E-state index in [1.165, 1.54) is 0 Å². The Morgan fingerprint density at radius 2 is 2.31 bits per heavy atom. The van der Waals surface area contributed by atoms with E-state index < -0.39 is 6.10 Å². The van der Waals surface area contributed by atoms with Crippen LogP contribution in [0.5, 0.6) is 0 Å². The Morgan fingerprint density at radius 3 is 2.94 bits per heavy atom. The van der Waals surface area contributed by atoms with Crippen molar-refractivity contribution in [1.29, 1.82) is 0 Å². The number of hydrogen-bond acceptors (Lipinski definition) is 2. The molecule has 1 N–H and O–H groups in total. The van der Waals surface area contributed by atoms with Crippen molar-refractivity contribution in [1.82, 2.24) is 0 Å². The van der Waals surface area contributed by atoms with Crippen molar-refractivity contribution in [3.8, 4) is 0 Å². The lowest BCUT2D eigenvalue weighted by atomic mass is 9.90. The van der Waals surface area contributed by atoms with Crippen LogP contribution in [0.25, 0.3) is 0 Å². The zero-order chi connectivity index (χ0) is 11.5. The summed E-state index contributed by atoms with van der Waals surface area (Å²) < 4.78 is 5.39. The topological polar surface area (TPSA) is 29.5 Å². The number of hydrogen-bond donors (Lipinski definition) is 1. The average molecular weight is 241 g/mol. The molecule has 1 aromatic carbocycles. The summed E-state index contributed by atoms with van der Waals surface area (Å²) in [6.07, 6.45) is 1.63. The van der Waals surface area contributed by atoms with Gasteiger partial charge in [0.05, 0.1) is 12.7 Å². The number of aryl methyl sites for hydroxylation is 1. The molecule has 0 radical (unpaired) electrons. The summed E-state index contributed by atoms with van der Waals surface area (Å²) in [6, 6.07) is 5.70. The van der Waals surface area contributed by atoms with E-state index in [1.54, 1.807) is 0 Å². The molecule has 2 atom stereocenters. The second-order valence-electron chi connectivity index (χ2n) is 4.43. The minimum Gasteiger partial charge on any atom is -0.388 e. The Morgan fingerprint density at radius 1 is 1.50 bits per heavy atom. The van der Waals surface area contributed by atoms with Gasteiger partial charge in [-0.05, 0) is 37.0 Å². The fourth-order valence-electron chi connectivity index (χ4n) is 2.14. The van der Waals surface area contributed by atoms with Gasteiger partial charge < -0.3 is 9.84 Å². The van der Waals surface area contributed by atoms with E-state index in [0.29, 0.717) is 6.61 Å². The number of rotatable bonds is 2. The van der Waals surface area contributed by atoms with E-state index in [9.17, 15) is 5.11 Å². The Kier molecular flexibility index (Phi) is 3.85. The largest absolute Gasteiger partial charge is 0.388 e. The number of ether oxygens (including phenoxy) is 1. The zero-order valence-corrected chi connectivity index (χ0v) is 10.2. The van der Waals surface area contributed by atoms with Gasteiger partial charge in [-0.3, -0.25) is 0 Å². The van der Waals surface area contributed by atoms with Gasteiger partial charge in [-0.25, -0.2) is 0 Å². The fourth-order valence-corrected chi connectivity index (χ4v) is 2.26. The van der Waals surface area contributed by atoms with Crippen LogP contribution in [0, 0.1) is 12.8 Å². The van der Waals surface area contributed by atoms with Crippen molar-refractivity contribution < 1.29 is 9.84 Å². The third kappa shape index (κ3) is 2.57. The highest BCUT2D eigenvalue weighted by molar-refractivity contribution is 6.31. The van der Waals surface area contributed by atoms with E-state index in [0.717, 1.165) is 35.6 Å². The minimum absolute atomic E-state index is 0.217. The molecule has 2 nitrogen and oxygen atoms in total. The van der Waals surface area contributed by atoms with Gasteiger partial charge in [-0.1, -0.05) is 23.7 Å². The van der Waals surface area contributed by atoms with Crippen molar-refractivity contribution in [3.63, 3.8) is 0 Å². The van der Waals surface area contributed by atoms with Crippen LogP contribution < -0.4 is 0 Å². The number of aliphatic hydroxyl groups excluding tert-OH is 1. The fraction of sp³-hybridized carbons (Fsp3) is 0.538. The molecule has 1 saturated heterocycles. The second kappa shape index (κ2) is 5.17. The summed E-state index contributed by atoms with van der Waals surface area (Å²) in [6.45, 7) is 3.43. The molecule has 0 aliphatic carbocycles. The van der Waals surface area contributed by atoms with Crippen LogP contribution in [0.4, 0.5) is 0 Å². The van der Waals surface area contributed by atoms with Crippen molar-refractivity contribution >= 4 is 11.6 Å². The van der Waals surface area contributed by atoms with Crippen molar-refractivity contribution in [3.05, 3.63) is 34.3 Å². The molecule has 88 valence electrons. The van der Waals surface area contributed by atoms with Crippen LogP contribution in [0.3, 0.4) is 0 Å². The van der Waals surface area contributed by atoms with Crippen LogP contribution in [0.2, 0.25) is 5.02 Å². The molecule has 0 amide bonds. The van der Waals surface area contributed by atoms with Crippen LogP contribution in [-0.2, 0) is 4.74 Å². The lowest BCUT2D eigenvalue weighted by Crippen LogP contribution is -2.23. The third-order valence-electron chi connectivity index (χ3n) is 3.17. The maximum absolute atomic E-state index is 10.2. The lowest BCUT2D eigenvalue weighted by Gasteiger charge is -2.27. The molecule has 0 aromatic heterocycles. The highest BCUT2D eigenvalue weighted by Crippen LogP contribution is 2.30. The predicted molar refractivity (Wildman–Crippen MR) is 64.7 cm³/mol. The molecule has 1 heterocycles. The monoisotopic (exact) mass is 240 g/mol. The summed E-state index contributed by atoms with van der Waals surface area (Å²) in [4.78, 5) is 0. The molecule has 16 heavy (non-hydrogen) atoms. The molecular weight excluding hydrogens is 224 g/mol. The first kappa shape index (κ1) is 11.9. The van der Waals surface area contributed by atoms with E-state index in [2.05, 4.69) is 0 Å². The van der Waals surface area contributed by atoms with Crippen molar-refractivity contribution in [2.24, 2.45) is 5.92 Å². The Labute approximate surface area is 101 Å². The summed E-state index contributed by atoms with van der Waals surface area (Å²) in [5.74, 6) is 0.217. The van der Waals surface area contributed by atoms with E-state index in [4.69, 9.17) is 16.3 Å². The predicted octanol–water partition coefficient (Wildman–Crippen LogP) is 3.11. The number of halogens is 1. The molecule has 0 saturated carbocycles. The lowest BCUT2D eigenvalue weighted by molar-refractivity contribution is -0.00998. The Bertz CT molecular complexity index is 359. The van der Waals surface area contributed by atoms with Crippen LogP contribution >= 0.6 is 11.6 Å². The Balaban J connectivity index is 2.12. The first-order valence-corrected chi connectivity index (χ1v) is 6.08. The SMILES string of the molecule is Cc1cc(C(O)C2CCCOC2)ccc1Cl. The Hall–Kier alpha value is -0.570. The highest BCUT2D eigenvalue weighted by atomic mass is 35.5. The molecule has 2 unspecified atom stereocenters.